The summed E-state index contributed by atoms with van der Waals surface area (Å²) in [5.41, 5.74) is 1.51. The van der Waals surface area contributed by atoms with E-state index in [9.17, 15) is 9.59 Å². The van der Waals surface area contributed by atoms with Gasteiger partial charge in [-0.3, -0.25) is 9.59 Å². The highest BCUT2D eigenvalue weighted by molar-refractivity contribution is 6.39. The molecule has 1 aliphatic rings. The second-order valence-corrected chi connectivity index (χ2v) is 5.38. The van der Waals surface area contributed by atoms with Crippen LogP contribution < -0.4 is 24.8 Å². The molecular weight excluding hydrogens is 324 g/mol. The summed E-state index contributed by atoms with van der Waals surface area (Å²) in [5, 5.41) is 5.13. The first-order valence-electron chi connectivity index (χ1n) is 7.77. The minimum absolute atomic E-state index is 0.151. The van der Waals surface area contributed by atoms with E-state index in [1.165, 1.54) is 0 Å². The van der Waals surface area contributed by atoms with Crippen LogP contribution in [0.2, 0.25) is 0 Å². The van der Waals surface area contributed by atoms with Crippen molar-refractivity contribution in [2.24, 2.45) is 0 Å². The number of carbonyl (C=O) groups is 2. The van der Waals surface area contributed by atoms with Gasteiger partial charge in [0.2, 0.25) is 6.79 Å². The fourth-order valence-electron chi connectivity index (χ4n) is 2.36. The molecule has 0 radical (unpaired) electrons. The third-order valence-electron chi connectivity index (χ3n) is 3.69. The van der Waals surface area contributed by atoms with Crippen molar-refractivity contribution in [3.8, 4) is 17.2 Å². The molecule has 1 heterocycles. The third kappa shape index (κ3) is 4.20. The van der Waals surface area contributed by atoms with Gasteiger partial charge in [0.05, 0.1) is 7.11 Å². The molecule has 0 atom stereocenters. The van der Waals surface area contributed by atoms with Gasteiger partial charge in [-0.15, -0.1) is 0 Å². The van der Waals surface area contributed by atoms with E-state index in [4.69, 9.17) is 14.2 Å². The fourth-order valence-corrected chi connectivity index (χ4v) is 2.36. The lowest BCUT2D eigenvalue weighted by Crippen LogP contribution is -2.36. The topological polar surface area (TPSA) is 85.9 Å². The zero-order valence-electron chi connectivity index (χ0n) is 13.7. The number of amides is 2. The SMILES string of the molecule is COc1ccc(CCNC(=O)C(=O)Nc2ccc3c(c2)OCO3)cc1. The highest BCUT2D eigenvalue weighted by Crippen LogP contribution is 2.34. The lowest BCUT2D eigenvalue weighted by Gasteiger charge is -2.08. The predicted molar refractivity (Wildman–Crippen MR) is 90.9 cm³/mol. The molecule has 0 spiro atoms. The van der Waals surface area contributed by atoms with Crippen LogP contribution in [0, 0.1) is 0 Å². The molecule has 130 valence electrons. The molecule has 0 saturated carbocycles. The predicted octanol–water partition coefficient (Wildman–Crippen LogP) is 1.72. The molecule has 0 saturated heterocycles. The van der Waals surface area contributed by atoms with Gasteiger partial charge in [-0.05, 0) is 36.2 Å². The van der Waals surface area contributed by atoms with Gasteiger partial charge in [-0.1, -0.05) is 12.1 Å². The van der Waals surface area contributed by atoms with Crippen molar-refractivity contribution in [2.75, 3.05) is 25.8 Å². The standard InChI is InChI=1S/C18H18N2O5/c1-23-14-5-2-12(3-6-14)8-9-19-17(21)18(22)20-13-4-7-15-16(10-13)25-11-24-15/h2-7,10H,8-9,11H2,1H3,(H,19,21)(H,20,22). The summed E-state index contributed by atoms with van der Waals surface area (Å²) in [6.45, 7) is 0.512. The van der Waals surface area contributed by atoms with Gasteiger partial charge < -0.3 is 24.8 Å². The maximum Gasteiger partial charge on any atom is 0.313 e. The Hall–Kier alpha value is -3.22. The zero-order valence-corrected chi connectivity index (χ0v) is 13.7. The summed E-state index contributed by atoms with van der Waals surface area (Å²) in [6.07, 6.45) is 0.618. The van der Waals surface area contributed by atoms with Crippen LogP contribution in [-0.4, -0.2) is 32.3 Å². The number of rotatable bonds is 5. The average molecular weight is 342 g/mol. The van der Waals surface area contributed by atoms with Gasteiger partial charge in [0, 0.05) is 18.3 Å². The first kappa shape index (κ1) is 16.6. The average Bonchev–Trinajstić information content (AvgIpc) is 3.10. The summed E-state index contributed by atoms with van der Waals surface area (Å²) in [4.78, 5) is 23.8. The van der Waals surface area contributed by atoms with E-state index in [1.807, 2.05) is 24.3 Å². The van der Waals surface area contributed by atoms with E-state index in [0.29, 0.717) is 30.2 Å². The van der Waals surface area contributed by atoms with Crippen LogP contribution in [0.4, 0.5) is 5.69 Å². The molecule has 2 aromatic carbocycles. The van der Waals surface area contributed by atoms with Crippen LogP contribution in [0.1, 0.15) is 5.56 Å². The maximum atomic E-state index is 11.9. The number of hydrogen-bond donors (Lipinski definition) is 2. The van der Waals surface area contributed by atoms with Crippen LogP contribution in [0.5, 0.6) is 17.2 Å². The Bertz CT molecular complexity index is 774. The summed E-state index contributed by atoms with van der Waals surface area (Å²) in [7, 11) is 1.61. The van der Waals surface area contributed by atoms with Crippen molar-refractivity contribution >= 4 is 17.5 Å². The van der Waals surface area contributed by atoms with Crippen LogP contribution in [0.15, 0.2) is 42.5 Å². The summed E-state index contributed by atoms with van der Waals surface area (Å²) < 4.78 is 15.5. The number of fused-ring (bicyclic) bond motifs is 1. The first-order chi connectivity index (χ1) is 12.2. The largest absolute Gasteiger partial charge is 0.497 e. The third-order valence-corrected chi connectivity index (χ3v) is 3.69. The van der Waals surface area contributed by atoms with E-state index in [1.54, 1.807) is 25.3 Å². The molecule has 3 rings (SSSR count). The molecule has 0 aromatic heterocycles. The molecular formula is C18H18N2O5. The fraction of sp³-hybridized carbons (Fsp3) is 0.222. The Kier molecular flexibility index (Phi) is 5.03. The molecule has 2 N–H and O–H groups in total. The van der Waals surface area contributed by atoms with Crippen molar-refractivity contribution in [3.63, 3.8) is 0 Å². The summed E-state index contributed by atoms with van der Waals surface area (Å²) in [6, 6.07) is 12.5. The highest BCUT2D eigenvalue weighted by atomic mass is 16.7. The van der Waals surface area contributed by atoms with E-state index in [-0.39, 0.29) is 6.79 Å². The van der Waals surface area contributed by atoms with E-state index in [2.05, 4.69) is 10.6 Å². The number of methoxy groups -OCH3 is 1. The number of hydrogen-bond acceptors (Lipinski definition) is 5. The molecule has 1 aliphatic heterocycles. The first-order valence-corrected chi connectivity index (χ1v) is 7.77. The molecule has 7 heteroatoms. The van der Waals surface area contributed by atoms with Gasteiger partial charge in [-0.25, -0.2) is 0 Å². The van der Waals surface area contributed by atoms with E-state index < -0.39 is 11.8 Å². The van der Waals surface area contributed by atoms with Crippen molar-refractivity contribution in [3.05, 3.63) is 48.0 Å². The molecule has 25 heavy (non-hydrogen) atoms. The minimum atomic E-state index is -0.728. The summed E-state index contributed by atoms with van der Waals surface area (Å²) in [5.74, 6) is 0.510. The van der Waals surface area contributed by atoms with Crippen molar-refractivity contribution in [2.45, 2.75) is 6.42 Å². The molecule has 2 aromatic rings. The minimum Gasteiger partial charge on any atom is -0.497 e. The quantitative estimate of drug-likeness (QED) is 0.808. The number of benzene rings is 2. The molecule has 0 unspecified atom stereocenters. The lowest BCUT2D eigenvalue weighted by molar-refractivity contribution is -0.136. The van der Waals surface area contributed by atoms with E-state index in [0.717, 1.165) is 11.3 Å². The lowest BCUT2D eigenvalue weighted by atomic mass is 10.1. The van der Waals surface area contributed by atoms with Crippen LogP contribution in [-0.2, 0) is 16.0 Å². The normalized spacial score (nSPS) is 11.7. The van der Waals surface area contributed by atoms with Crippen LogP contribution in [0.3, 0.4) is 0 Å². The highest BCUT2D eigenvalue weighted by Gasteiger charge is 2.17. The second-order valence-electron chi connectivity index (χ2n) is 5.38. The molecule has 0 fully saturated rings. The van der Waals surface area contributed by atoms with Crippen molar-refractivity contribution in [1.82, 2.24) is 5.32 Å². The Labute approximate surface area is 144 Å². The number of nitrogens with one attached hydrogen (secondary N) is 2. The molecule has 2 amide bonds. The second kappa shape index (κ2) is 7.57. The smallest absolute Gasteiger partial charge is 0.313 e. The zero-order chi connectivity index (χ0) is 17.6. The van der Waals surface area contributed by atoms with Crippen molar-refractivity contribution < 1.29 is 23.8 Å². The van der Waals surface area contributed by atoms with Crippen molar-refractivity contribution in [1.29, 1.82) is 0 Å². The Morgan fingerprint density at radius 2 is 1.80 bits per heavy atom. The number of ether oxygens (including phenoxy) is 3. The Morgan fingerprint density at radius 3 is 2.56 bits per heavy atom. The number of anilines is 1. The Morgan fingerprint density at radius 1 is 1.04 bits per heavy atom. The summed E-state index contributed by atoms with van der Waals surface area (Å²) >= 11 is 0. The molecule has 0 aliphatic carbocycles. The van der Waals surface area contributed by atoms with Crippen LogP contribution in [0.25, 0.3) is 0 Å². The van der Waals surface area contributed by atoms with E-state index >= 15 is 0 Å². The van der Waals surface area contributed by atoms with Gasteiger partial charge in [0.25, 0.3) is 0 Å². The van der Waals surface area contributed by atoms with Crippen LogP contribution >= 0.6 is 0 Å². The van der Waals surface area contributed by atoms with Gasteiger partial charge >= 0.3 is 11.8 Å². The Balaban J connectivity index is 1.46. The van der Waals surface area contributed by atoms with Gasteiger partial charge in [0.15, 0.2) is 11.5 Å². The monoisotopic (exact) mass is 342 g/mol. The van der Waals surface area contributed by atoms with Gasteiger partial charge in [-0.2, -0.15) is 0 Å². The molecule has 0 bridgehead atoms. The maximum absolute atomic E-state index is 11.9. The molecule has 7 nitrogen and oxygen atoms in total. The number of carbonyl (C=O) groups excluding carboxylic acids is 2. The van der Waals surface area contributed by atoms with Gasteiger partial charge in [0.1, 0.15) is 5.75 Å².